The molecule has 0 aromatic carbocycles. The molecule has 0 aromatic rings. The van der Waals surface area contributed by atoms with E-state index in [0.29, 0.717) is 0 Å². The van der Waals surface area contributed by atoms with E-state index in [1.807, 2.05) is 20.8 Å². The second-order valence-electron chi connectivity index (χ2n) is 6.96. The molecule has 17 heavy (non-hydrogen) atoms. The van der Waals surface area contributed by atoms with Crippen LogP contribution in [-0.4, -0.2) is 16.6 Å². The number of rotatable bonds is 0. The minimum atomic E-state index is -2.16. The molecule has 0 spiro atoms. The van der Waals surface area contributed by atoms with Crippen molar-refractivity contribution in [3.63, 3.8) is 0 Å². The summed E-state index contributed by atoms with van der Waals surface area (Å²) in [6, 6.07) is 0. The molecule has 0 heterocycles. The molecule has 5 heteroatoms. The second kappa shape index (κ2) is 7.19. The van der Waals surface area contributed by atoms with Crippen molar-refractivity contribution in [2.75, 3.05) is 0 Å². The van der Waals surface area contributed by atoms with Crippen LogP contribution in [0.3, 0.4) is 0 Å². The second-order valence-corrected chi connectivity index (χ2v) is 11.7. The van der Waals surface area contributed by atoms with Crippen LogP contribution in [0.4, 0.5) is 0 Å². The summed E-state index contributed by atoms with van der Waals surface area (Å²) >= 11 is -2.16. The Bertz CT molecular complexity index is 269. The van der Waals surface area contributed by atoms with E-state index in [1.165, 1.54) is 0 Å². The van der Waals surface area contributed by atoms with E-state index in [1.54, 1.807) is 0 Å². The molecule has 0 aliphatic rings. The van der Waals surface area contributed by atoms with Gasteiger partial charge in [0, 0.05) is 0 Å². The molecule has 0 aromatic heterocycles. The summed E-state index contributed by atoms with van der Waals surface area (Å²) in [5, 5.41) is 0. The molecule has 1 N–H and O–H groups in total. The first-order valence-electron chi connectivity index (χ1n) is 5.68. The first-order valence-corrected chi connectivity index (χ1v) is 11.5. The summed E-state index contributed by atoms with van der Waals surface area (Å²) in [5.41, 5.74) is 6.63. The third-order valence-corrected chi connectivity index (χ3v) is 6.34. The zero-order valence-electron chi connectivity index (χ0n) is 12.7. The molecule has 0 fully saturated rings. The fraction of sp³-hybridized carbons (Fsp3) is 1.00. The van der Waals surface area contributed by atoms with Crippen LogP contribution in [0.1, 0.15) is 62.3 Å². The molecular formula is C12H28ClN3Re-. The van der Waals surface area contributed by atoms with Crippen LogP contribution in [-0.2, 0) is 15.4 Å². The topological polar surface area (TPSA) is 48.5 Å². The van der Waals surface area contributed by atoms with Crippen LogP contribution < -0.4 is 0 Å². The van der Waals surface area contributed by atoms with E-state index in [4.69, 9.17) is 15.3 Å². The van der Waals surface area contributed by atoms with Gasteiger partial charge in [-0.25, -0.2) is 0 Å². The van der Waals surface area contributed by atoms with Crippen molar-refractivity contribution in [3.05, 3.63) is 5.73 Å². The molecule has 0 bridgehead atoms. The Morgan fingerprint density at radius 3 is 1.06 bits per heavy atom. The van der Waals surface area contributed by atoms with Crippen molar-refractivity contribution < 1.29 is 15.4 Å². The van der Waals surface area contributed by atoms with Gasteiger partial charge in [0.05, 0.1) is 0 Å². The Morgan fingerprint density at radius 1 is 0.765 bits per heavy atom. The fourth-order valence-electron chi connectivity index (χ4n) is 0.437. The Kier molecular flexibility index (Phi) is 8.39. The summed E-state index contributed by atoms with van der Waals surface area (Å²) in [4.78, 5) is 0. The van der Waals surface area contributed by atoms with Gasteiger partial charge in [-0.2, -0.15) is 0 Å². The van der Waals surface area contributed by atoms with Crippen LogP contribution in [0, 0.1) is 0 Å². The normalized spacial score (nSPS) is 15.5. The monoisotopic (exact) mass is 436 g/mol. The molecule has 0 radical (unpaired) electrons. The van der Waals surface area contributed by atoms with Gasteiger partial charge in [-0.15, -0.1) is 5.54 Å². The van der Waals surface area contributed by atoms with E-state index in [2.05, 4.69) is 48.7 Å². The van der Waals surface area contributed by atoms with Gasteiger partial charge in [-0.1, -0.05) is 20.8 Å². The molecule has 0 atom stereocenters. The van der Waals surface area contributed by atoms with Gasteiger partial charge in [0.15, 0.2) is 0 Å². The van der Waals surface area contributed by atoms with Crippen LogP contribution in [0.25, 0.3) is 5.73 Å². The maximum absolute atomic E-state index is 6.94. The molecule has 3 nitrogen and oxygen atoms in total. The maximum atomic E-state index is 6.94. The first-order chi connectivity index (χ1) is 7.10. The third-order valence-electron chi connectivity index (χ3n) is 0.647. The SMILES string of the molecule is CC(C)(C)[NH-].CC(C)(C)[N]=[Re]([Cl])=[N]C(C)(C)C. The summed E-state index contributed by atoms with van der Waals surface area (Å²) in [6.45, 7) is 17.9. The summed E-state index contributed by atoms with van der Waals surface area (Å²) in [6.07, 6.45) is 0. The Balaban J connectivity index is 0. The van der Waals surface area contributed by atoms with Crippen molar-refractivity contribution in [3.8, 4) is 0 Å². The number of hydrogen-bond donors (Lipinski definition) is 0. The number of nitrogens with one attached hydrogen (secondary N) is 1. The predicted octanol–water partition coefficient (Wildman–Crippen LogP) is 5.56. The molecule has 0 saturated carbocycles. The average molecular weight is 436 g/mol. The predicted molar refractivity (Wildman–Crippen MR) is 74.3 cm³/mol. The quantitative estimate of drug-likeness (QED) is 0.478. The van der Waals surface area contributed by atoms with Crippen molar-refractivity contribution in [2.45, 2.75) is 78.9 Å². The van der Waals surface area contributed by atoms with E-state index >= 15 is 0 Å². The van der Waals surface area contributed by atoms with Crippen molar-refractivity contribution in [1.29, 1.82) is 0 Å². The number of halogens is 1. The van der Waals surface area contributed by atoms with Gasteiger partial charge in [0.1, 0.15) is 0 Å². The van der Waals surface area contributed by atoms with Crippen LogP contribution in [0.5, 0.6) is 0 Å². The standard InChI is InChI=1S/C4H10N.2C4H9N.ClH.Re/c3*1-4(2,3)5;;/h5H,1-3H3;2*1-3H3;1H;/q-1;;;;+1/p-1. The molecular weight excluding hydrogens is 408 g/mol. The zero-order chi connectivity index (χ0) is 14.5. The van der Waals surface area contributed by atoms with Crippen molar-refractivity contribution in [1.82, 2.24) is 0 Å². The fourth-order valence-corrected chi connectivity index (χ4v) is 6.72. The van der Waals surface area contributed by atoms with Crippen molar-refractivity contribution >= 4 is 9.53 Å². The molecule has 0 aliphatic carbocycles. The van der Waals surface area contributed by atoms with E-state index in [-0.39, 0.29) is 16.6 Å². The average Bonchev–Trinajstić information content (AvgIpc) is 1.69. The summed E-state index contributed by atoms with van der Waals surface area (Å²) < 4.78 is 8.96. The minimum absolute atomic E-state index is 0.0276. The Morgan fingerprint density at radius 2 is 0.941 bits per heavy atom. The summed E-state index contributed by atoms with van der Waals surface area (Å²) in [5.74, 6) is 0. The van der Waals surface area contributed by atoms with Gasteiger partial charge in [-0.3, -0.25) is 0 Å². The van der Waals surface area contributed by atoms with Crippen LogP contribution in [0.15, 0.2) is 7.14 Å². The number of nitrogens with zero attached hydrogens (tertiary/aromatic N) is 2. The molecule has 0 rings (SSSR count). The summed E-state index contributed by atoms with van der Waals surface area (Å²) in [7, 11) is 6.10. The third kappa shape index (κ3) is 31.5. The van der Waals surface area contributed by atoms with Crippen LogP contribution >= 0.6 is 9.53 Å². The van der Waals surface area contributed by atoms with Gasteiger partial charge in [0.2, 0.25) is 0 Å². The van der Waals surface area contributed by atoms with E-state index in [9.17, 15) is 0 Å². The van der Waals surface area contributed by atoms with E-state index < -0.39 is 15.4 Å². The van der Waals surface area contributed by atoms with Crippen molar-refractivity contribution in [2.24, 2.45) is 7.14 Å². The molecule has 0 unspecified atom stereocenters. The Hall–Kier alpha value is 0.512. The zero-order valence-corrected chi connectivity index (χ0v) is 16.1. The van der Waals surface area contributed by atoms with E-state index in [0.717, 1.165) is 0 Å². The molecule has 0 amide bonds. The molecule has 0 saturated heterocycles. The molecule has 106 valence electrons. The van der Waals surface area contributed by atoms with Gasteiger partial charge in [-0.05, 0) is 0 Å². The first kappa shape index (κ1) is 19.8. The van der Waals surface area contributed by atoms with Gasteiger partial charge < -0.3 is 5.73 Å². The van der Waals surface area contributed by atoms with Crippen LogP contribution in [0.2, 0.25) is 0 Å². The number of hydrogen-bond acceptors (Lipinski definition) is 2. The van der Waals surface area contributed by atoms with Gasteiger partial charge in [0.25, 0.3) is 0 Å². The van der Waals surface area contributed by atoms with Gasteiger partial charge >= 0.3 is 84.7 Å². The molecule has 0 aliphatic heterocycles. The Labute approximate surface area is 116 Å².